The molecule has 0 spiro atoms. The molecule has 120 valence electrons. The molecular formula is C18H18ClNO2S. The van der Waals surface area contributed by atoms with Gasteiger partial charge in [-0.2, -0.15) is 0 Å². The first-order valence-electron chi connectivity index (χ1n) is 7.14. The van der Waals surface area contributed by atoms with Gasteiger partial charge < -0.3 is 10.1 Å². The average Bonchev–Trinajstić information content (AvgIpc) is 2.55. The van der Waals surface area contributed by atoms with E-state index in [-0.39, 0.29) is 5.91 Å². The number of hydrogen-bond acceptors (Lipinski definition) is 3. The highest BCUT2D eigenvalue weighted by Gasteiger charge is 2.05. The largest absolute Gasteiger partial charge is 0.489 e. The predicted octanol–water partition coefficient (Wildman–Crippen LogP) is 4.78. The Bertz CT molecular complexity index is 676. The molecular weight excluding hydrogens is 330 g/mol. The van der Waals surface area contributed by atoms with Crippen molar-refractivity contribution in [2.24, 2.45) is 0 Å². The zero-order valence-corrected chi connectivity index (χ0v) is 14.2. The number of thioether (sulfide) groups is 1. The van der Waals surface area contributed by atoms with Gasteiger partial charge in [-0.05, 0) is 23.8 Å². The molecule has 2 aromatic rings. The number of rotatable bonds is 8. The second-order valence-corrected chi connectivity index (χ2v) is 6.15. The molecule has 5 heteroatoms. The van der Waals surface area contributed by atoms with Crippen LogP contribution >= 0.6 is 23.4 Å². The van der Waals surface area contributed by atoms with Gasteiger partial charge in [-0.1, -0.05) is 48.5 Å². The minimum absolute atomic E-state index is 0.0528. The number of nitrogens with one attached hydrogen (secondary N) is 1. The smallest absolute Gasteiger partial charge is 0.234 e. The molecule has 0 aromatic heterocycles. The molecule has 1 N–H and O–H groups in total. The fraction of sp³-hybridized carbons (Fsp3) is 0.167. The van der Waals surface area contributed by atoms with Crippen LogP contribution in [-0.4, -0.2) is 18.3 Å². The maximum Gasteiger partial charge on any atom is 0.234 e. The second kappa shape index (κ2) is 9.28. The number of hydrogen-bond donors (Lipinski definition) is 1. The van der Waals surface area contributed by atoms with Crippen LogP contribution in [0.4, 0.5) is 5.69 Å². The summed E-state index contributed by atoms with van der Waals surface area (Å²) in [5.41, 5.74) is 1.75. The summed E-state index contributed by atoms with van der Waals surface area (Å²) in [5.74, 6) is 1.72. The van der Waals surface area contributed by atoms with Gasteiger partial charge in [0, 0.05) is 22.5 Å². The summed E-state index contributed by atoms with van der Waals surface area (Å²) in [6.07, 6.45) is 1.68. The van der Waals surface area contributed by atoms with Crippen molar-refractivity contribution < 1.29 is 9.53 Å². The number of benzene rings is 2. The second-order valence-electron chi connectivity index (χ2n) is 4.76. The van der Waals surface area contributed by atoms with Gasteiger partial charge in [-0.3, -0.25) is 4.79 Å². The van der Waals surface area contributed by atoms with Crippen LogP contribution in [0.5, 0.6) is 5.75 Å². The zero-order chi connectivity index (χ0) is 16.5. The number of anilines is 1. The van der Waals surface area contributed by atoms with Crippen LogP contribution in [-0.2, 0) is 10.5 Å². The van der Waals surface area contributed by atoms with Crippen LogP contribution in [0.25, 0.3) is 0 Å². The van der Waals surface area contributed by atoms with Crippen molar-refractivity contribution in [2.45, 2.75) is 5.75 Å². The van der Waals surface area contributed by atoms with E-state index in [4.69, 9.17) is 16.3 Å². The van der Waals surface area contributed by atoms with Gasteiger partial charge in [0.05, 0.1) is 5.75 Å². The minimum Gasteiger partial charge on any atom is -0.489 e. The lowest BCUT2D eigenvalue weighted by molar-refractivity contribution is -0.113. The summed E-state index contributed by atoms with van der Waals surface area (Å²) in [6, 6.07) is 15.0. The Morgan fingerprint density at radius 2 is 2.09 bits per heavy atom. The molecule has 0 aliphatic rings. The zero-order valence-electron chi connectivity index (χ0n) is 12.6. The number of carbonyl (C=O) groups excluding carboxylic acids is 1. The van der Waals surface area contributed by atoms with Crippen LogP contribution in [0.2, 0.25) is 5.02 Å². The van der Waals surface area contributed by atoms with Gasteiger partial charge in [-0.15, -0.1) is 11.8 Å². The van der Waals surface area contributed by atoms with Gasteiger partial charge in [0.15, 0.2) is 0 Å². The van der Waals surface area contributed by atoms with E-state index in [2.05, 4.69) is 11.9 Å². The Kier molecular flexibility index (Phi) is 7.04. The molecule has 0 unspecified atom stereocenters. The summed E-state index contributed by atoms with van der Waals surface area (Å²) in [5, 5.41) is 3.59. The number of carbonyl (C=O) groups is 1. The third-order valence-electron chi connectivity index (χ3n) is 2.93. The molecule has 0 atom stereocenters. The first kappa shape index (κ1) is 17.4. The van der Waals surface area contributed by atoms with E-state index in [1.807, 2.05) is 42.5 Å². The van der Waals surface area contributed by atoms with Gasteiger partial charge in [-0.25, -0.2) is 0 Å². The maximum absolute atomic E-state index is 12.0. The van der Waals surface area contributed by atoms with Crippen molar-refractivity contribution in [2.75, 3.05) is 17.7 Å². The monoisotopic (exact) mass is 347 g/mol. The van der Waals surface area contributed by atoms with Crippen molar-refractivity contribution in [1.29, 1.82) is 0 Å². The quantitative estimate of drug-likeness (QED) is 0.698. The molecule has 2 rings (SSSR count). The van der Waals surface area contributed by atoms with Gasteiger partial charge >= 0.3 is 0 Å². The van der Waals surface area contributed by atoms with Crippen LogP contribution in [0, 0.1) is 0 Å². The Morgan fingerprint density at radius 3 is 2.87 bits per heavy atom. The SMILES string of the molecule is C=CCOc1cccc(NC(=O)CSCc2ccccc2Cl)c1. The van der Waals surface area contributed by atoms with E-state index in [9.17, 15) is 4.79 Å². The van der Waals surface area contributed by atoms with Crippen LogP contribution in [0.3, 0.4) is 0 Å². The molecule has 0 saturated heterocycles. The number of halogens is 1. The fourth-order valence-corrected chi connectivity index (χ4v) is 3.00. The Morgan fingerprint density at radius 1 is 1.26 bits per heavy atom. The van der Waals surface area contributed by atoms with Crippen molar-refractivity contribution in [3.8, 4) is 5.75 Å². The predicted molar refractivity (Wildman–Crippen MR) is 98.4 cm³/mol. The van der Waals surface area contributed by atoms with Crippen LogP contribution in [0.1, 0.15) is 5.56 Å². The fourth-order valence-electron chi connectivity index (χ4n) is 1.88. The molecule has 0 radical (unpaired) electrons. The van der Waals surface area contributed by atoms with E-state index in [0.717, 1.165) is 16.3 Å². The van der Waals surface area contributed by atoms with E-state index >= 15 is 0 Å². The standard InChI is InChI=1S/C18H18ClNO2S/c1-2-10-22-16-8-5-7-15(11-16)20-18(21)13-23-12-14-6-3-4-9-17(14)19/h2-9,11H,1,10,12-13H2,(H,20,21). The molecule has 23 heavy (non-hydrogen) atoms. The van der Waals surface area contributed by atoms with E-state index in [1.165, 1.54) is 11.8 Å². The highest BCUT2D eigenvalue weighted by molar-refractivity contribution is 7.99. The van der Waals surface area contributed by atoms with Crippen molar-refractivity contribution in [1.82, 2.24) is 0 Å². The normalized spacial score (nSPS) is 10.1. The first-order chi connectivity index (χ1) is 11.2. The van der Waals surface area contributed by atoms with E-state index in [1.54, 1.807) is 12.1 Å². The highest BCUT2D eigenvalue weighted by Crippen LogP contribution is 2.21. The van der Waals surface area contributed by atoms with Gasteiger partial charge in [0.2, 0.25) is 5.91 Å². The van der Waals surface area contributed by atoms with Crippen molar-refractivity contribution in [3.05, 3.63) is 71.8 Å². The van der Waals surface area contributed by atoms with Gasteiger partial charge in [0.1, 0.15) is 12.4 Å². The molecule has 0 saturated carbocycles. The van der Waals surface area contributed by atoms with Crippen LogP contribution in [0.15, 0.2) is 61.2 Å². The Balaban J connectivity index is 1.80. The maximum atomic E-state index is 12.0. The lowest BCUT2D eigenvalue weighted by Gasteiger charge is -2.08. The summed E-state index contributed by atoms with van der Waals surface area (Å²) in [4.78, 5) is 12.0. The average molecular weight is 348 g/mol. The Labute approximate surface area is 145 Å². The molecule has 0 heterocycles. The minimum atomic E-state index is -0.0528. The molecule has 0 fully saturated rings. The first-order valence-corrected chi connectivity index (χ1v) is 8.67. The molecule has 2 aromatic carbocycles. The van der Waals surface area contributed by atoms with Crippen LogP contribution < -0.4 is 10.1 Å². The number of ether oxygens (including phenoxy) is 1. The summed E-state index contributed by atoms with van der Waals surface area (Å²) < 4.78 is 5.44. The lowest BCUT2D eigenvalue weighted by Crippen LogP contribution is -2.14. The molecule has 0 bridgehead atoms. The third-order valence-corrected chi connectivity index (χ3v) is 4.28. The highest BCUT2D eigenvalue weighted by atomic mass is 35.5. The number of amides is 1. The summed E-state index contributed by atoms with van der Waals surface area (Å²) >= 11 is 7.62. The lowest BCUT2D eigenvalue weighted by atomic mass is 10.2. The molecule has 3 nitrogen and oxygen atoms in total. The summed E-state index contributed by atoms with van der Waals surface area (Å²) in [7, 11) is 0. The van der Waals surface area contributed by atoms with Crippen molar-refractivity contribution in [3.63, 3.8) is 0 Å². The van der Waals surface area contributed by atoms with Gasteiger partial charge in [0.25, 0.3) is 0 Å². The molecule has 0 aliphatic carbocycles. The Hall–Kier alpha value is -1.91. The third kappa shape index (κ3) is 6.00. The summed E-state index contributed by atoms with van der Waals surface area (Å²) in [6.45, 7) is 4.04. The van der Waals surface area contributed by atoms with Crippen molar-refractivity contribution >= 4 is 35.0 Å². The molecule has 1 amide bonds. The molecule has 0 aliphatic heterocycles. The van der Waals surface area contributed by atoms with E-state index < -0.39 is 0 Å². The topological polar surface area (TPSA) is 38.3 Å². The van der Waals surface area contributed by atoms with E-state index in [0.29, 0.717) is 23.9 Å².